The highest BCUT2D eigenvalue weighted by molar-refractivity contribution is 5.94. The molecule has 4 aromatic rings. The van der Waals surface area contributed by atoms with Crippen LogP contribution < -0.4 is 14.4 Å². The second-order valence-electron chi connectivity index (χ2n) is 8.33. The Kier molecular flexibility index (Phi) is 5.79. The Morgan fingerprint density at radius 1 is 0.971 bits per heavy atom. The fourth-order valence-electron chi connectivity index (χ4n) is 4.47. The number of nitrogens with zero attached hydrogens (tertiary/aromatic N) is 5. The molecule has 0 unspecified atom stereocenters. The molecule has 8 nitrogen and oxygen atoms in total. The zero-order valence-electron chi connectivity index (χ0n) is 19.5. The quantitative estimate of drug-likeness (QED) is 0.454. The van der Waals surface area contributed by atoms with E-state index in [4.69, 9.17) is 14.6 Å². The Morgan fingerprint density at radius 3 is 2.50 bits per heavy atom. The first-order valence-corrected chi connectivity index (χ1v) is 11.3. The molecule has 0 bridgehead atoms. The highest BCUT2D eigenvalue weighted by Gasteiger charge is 2.29. The first-order chi connectivity index (χ1) is 16.6. The SMILES string of the molecule is COc1ccc(-c2ccnc3cc(N4CCN(C(=O)c5ccccc5)[C@@H](C)C4)nn23)cc1OC. The topological polar surface area (TPSA) is 72.2 Å². The van der Waals surface area contributed by atoms with E-state index >= 15 is 0 Å². The normalized spacial score (nSPS) is 16.0. The molecule has 34 heavy (non-hydrogen) atoms. The molecule has 0 radical (unpaired) electrons. The molecule has 3 heterocycles. The summed E-state index contributed by atoms with van der Waals surface area (Å²) in [7, 11) is 3.25. The molecule has 1 saturated heterocycles. The van der Waals surface area contributed by atoms with Crippen molar-refractivity contribution in [3.8, 4) is 22.8 Å². The lowest BCUT2D eigenvalue weighted by atomic mass is 10.1. The minimum atomic E-state index is 0.0598. The van der Waals surface area contributed by atoms with Crippen molar-refractivity contribution in [3.05, 3.63) is 72.4 Å². The molecule has 8 heteroatoms. The molecule has 0 N–H and O–H groups in total. The van der Waals surface area contributed by atoms with E-state index in [9.17, 15) is 4.79 Å². The van der Waals surface area contributed by atoms with Crippen LogP contribution in [0.2, 0.25) is 0 Å². The molecule has 0 spiro atoms. The average molecular weight is 458 g/mol. The van der Waals surface area contributed by atoms with Crippen molar-refractivity contribution in [2.24, 2.45) is 0 Å². The Morgan fingerprint density at radius 2 is 1.76 bits per heavy atom. The second-order valence-corrected chi connectivity index (χ2v) is 8.33. The van der Waals surface area contributed by atoms with Gasteiger partial charge < -0.3 is 19.3 Å². The summed E-state index contributed by atoms with van der Waals surface area (Å²) in [5, 5.41) is 4.88. The van der Waals surface area contributed by atoms with Gasteiger partial charge in [-0.3, -0.25) is 4.79 Å². The van der Waals surface area contributed by atoms with Crippen molar-refractivity contribution >= 4 is 17.4 Å². The minimum absolute atomic E-state index is 0.0598. The molecule has 1 aliphatic heterocycles. The van der Waals surface area contributed by atoms with Crippen molar-refractivity contribution in [3.63, 3.8) is 0 Å². The molecule has 0 saturated carbocycles. The van der Waals surface area contributed by atoms with E-state index in [1.54, 1.807) is 20.4 Å². The molecule has 1 aliphatic rings. The fourth-order valence-corrected chi connectivity index (χ4v) is 4.47. The third kappa shape index (κ3) is 3.91. The molecule has 1 atom stereocenters. The van der Waals surface area contributed by atoms with E-state index in [-0.39, 0.29) is 11.9 Å². The number of methoxy groups -OCH3 is 2. The van der Waals surface area contributed by atoms with Crippen molar-refractivity contribution in [2.75, 3.05) is 38.8 Å². The van der Waals surface area contributed by atoms with Gasteiger partial charge in [-0.05, 0) is 43.3 Å². The van der Waals surface area contributed by atoms with E-state index < -0.39 is 0 Å². The van der Waals surface area contributed by atoms with Crippen LogP contribution >= 0.6 is 0 Å². The molecule has 1 fully saturated rings. The number of benzene rings is 2. The summed E-state index contributed by atoms with van der Waals surface area (Å²) in [4.78, 5) is 21.6. The van der Waals surface area contributed by atoms with Gasteiger partial charge in [0.25, 0.3) is 5.91 Å². The number of carbonyl (C=O) groups excluding carboxylic acids is 1. The number of hydrogen-bond donors (Lipinski definition) is 0. The van der Waals surface area contributed by atoms with E-state index in [1.807, 2.05) is 70.1 Å². The number of piperazine rings is 1. The standard InChI is InChI=1S/C26H27N5O3/c1-18-17-29(13-14-30(18)26(32)19-7-5-4-6-8-19)25-16-24-27-12-11-21(31(24)28-25)20-9-10-22(33-2)23(15-20)34-3/h4-12,15-16,18H,13-14,17H2,1-3H3/t18-/m0/s1. The molecule has 5 rings (SSSR count). The van der Waals surface area contributed by atoms with Crippen LogP contribution in [0.1, 0.15) is 17.3 Å². The van der Waals surface area contributed by atoms with Crippen molar-refractivity contribution in [1.82, 2.24) is 19.5 Å². The zero-order chi connectivity index (χ0) is 23.7. The summed E-state index contributed by atoms with van der Waals surface area (Å²) in [6, 6.07) is 19.2. The number of fused-ring (bicyclic) bond motifs is 1. The van der Waals surface area contributed by atoms with Crippen molar-refractivity contribution in [2.45, 2.75) is 13.0 Å². The third-order valence-corrected chi connectivity index (χ3v) is 6.26. The highest BCUT2D eigenvalue weighted by Crippen LogP contribution is 2.32. The van der Waals surface area contributed by atoms with Crippen LogP contribution in [0.4, 0.5) is 5.82 Å². The number of aromatic nitrogens is 3. The molecule has 2 aromatic heterocycles. The lowest BCUT2D eigenvalue weighted by Crippen LogP contribution is -2.54. The maximum absolute atomic E-state index is 13.0. The van der Waals surface area contributed by atoms with Crippen LogP contribution in [0.15, 0.2) is 66.9 Å². The summed E-state index contributed by atoms with van der Waals surface area (Å²) in [5.74, 6) is 2.25. The van der Waals surface area contributed by atoms with E-state index in [1.165, 1.54) is 0 Å². The van der Waals surface area contributed by atoms with Gasteiger partial charge in [-0.2, -0.15) is 0 Å². The van der Waals surface area contributed by atoms with E-state index in [0.29, 0.717) is 31.1 Å². The van der Waals surface area contributed by atoms with Gasteiger partial charge in [-0.1, -0.05) is 18.2 Å². The fraction of sp³-hybridized carbons (Fsp3) is 0.269. The van der Waals surface area contributed by atoms with Gasteiger partial charge in [0, 0.05) is 49.1 Å². The number of rotatable bonds is 5. The summed E-state index contributed by atoms with van der Waals surface area (Å²) < 4.78 is 12.7. The van der Waals surface area contributed by atoms with Crippen LogP contribution in [-0.4, -0.2) is 65.3 Å². The van der Waals surface area contributed by atoms with Crippen LogP contribution in [-0.2, 0) is 0 Å². The van der Waals surface area contributed by atoms with Gasteiger partial charge in [0.1, 0.15) is 0 Å². The van der Waals surface area contributed by atoms with Gasteiger partial charge in [0.2, 0.25) is 0 Å². The summed E-state index contributed by atoms with van der Waals surface area (Å²) in [5.41, 5.74) is 3.34. The monoisotopic (exact) mass is 457 g/mol. The number of anilines is 1. The van der Waals surface area contributed by atoms with Gasteiger partial charge in [-0.15, -0.1) is 5.10 Å². The highest BCUT2D eigenvalue weighted by atomic mass is 16.5. The average Bonchev–Trinajstić information content (AvgIpc) is 3.33. The van der Waals surface area contributed by atoms with E-state index in [2.05, 4.69) is 16.8 Å². The Balaban J connectivity index is 1.40. The molecule has 2 aromatic carbocycles. The van der Waals surface area contributed by atoms with Gasteiger partial charge >= 0.3 is 0 Å². The third-order valence-electron chi connectivity index (χ3n) is 6.26. The number of hydrogen-bond acceptors (Lipinski definition) is 6. The van der Waals surface area contributed by atoms with Crippen LogP contribution in [0, 0.1) is 0 Å². The maximum Gasteiger partial charge on any atom is 0.254 e. The van der Waals surface area contributed by atoms with E-state index in [0.717, 1.165) is 28.3 Å². The molecule has 0 aliphatic carbocycles. The largest absolute Gasteiger partial charge is 0.493 e. The Bertz CT molecular complexity index is 1320. The molecular weight excluding hydrogens is 430 g/mol. The van der Waals surface area contributed by atoms with Crippen LogP contribution in [0.25, 0.3) is 16.9 Å². The van der Waals surface area contributed by atoms with Crippen LogP contribution in [0.5, 0.6) is 11.5 Å². The molecular formula is C26H27N5O3. The zero-order valence-corrected chi connectivity index (χ0v) is 19.5. The Labute approximate surface area is 198 Å². The molecule has 174 valence electrons. The first-order valence-electron chi connectivity index (χ1n) is 11.3. The lowest BCUT2D eigenvalue weighted by Gasteiger charge is -2.40. The minimum Gasteiger partial charge on any atom is -0.493 e. The first kappa shape index (κ1) is 21.8. The van der Waals surface area contributed by atoms with Crippen molar-refractivity contribution < 1.29 is 14.3 Å². The van der Waals surface area contributed by atoms with Crippen molar-refractivity contribution in [1.29, 1.82) is 0 Å². The smallest absolute Gasteiger partial charge is 0.254 e. The van der Waals surface area contributed by atoms with Gasteiger partial charge in [0.05, 0.1) is 19.9 Å². The predicted molar refractivity (Wildman–Crippen MR) is 131 cm³/mol. The lowest BCUT2D eigenvalue weighted by molar-refractivity contribution is 0.0673. The summed E-state index contributed by atoms with van der Waals surface area (Å²) >= 11 is 0. The molecule has 1 amide bonds. The predicted octanol–water partition coefficient (Wildman–Crippen LogP) is 3.76. The van der Waals surface area contributed by atoms with Crippen LogP contribution in [0.3, 0.4) is 0 Å². The van der Waals surface area contributed by atoms with Gasteiger partial charge in [-0.25, -0.2) is 9.50 Å². The summed E-state index contributed by atoms with van der Waals surface area (Å²) in [6.45, 7) is 4.13. The summed E-state index contributed by atoms with van der Waals surface area (Å²) in [6.07, 6.45) is 1.78. The number of ether oxygens (including phenoxy) is 2. The number of carbonyl (C=O) groups is 1. The Hall–Kier alpha value is -4.07. The number of amides is 1. The maximum atomic E-state index is 13.0. The van der Waals surface area contributed by atoms with Gasteiger partial charge in [0.15, 0.2) is 23.0 Å². The second kappa shape index (κ2) is 9.05.